The standard InChI is InChI=1S/C18H22N6O/c1-23-9-8-19-18(23)12-25-16-5-2-14(3-6-16)10-20-15-4-7-17-21-13-22-24(17)11-15/h2-3,5-6,8-9,13,15,20H,4,7,10-12H2,1H3/t15-/m1/s1. The molecule has 25 heavy (non-hydrogen) atoms. The van der Waals surface area contributed by atoms with Crippen molar-refractivity contribution in [2.75, 3.05) is 0 Å². The van der Waals surface area contributed by atoms with Crippen molar-refractivity contribution in [1.82, 2.24) is 29.6 Å². The summed E-state index contributed by atoms with van der Waals surface area (Å²) in [6, 6.07) is 8.66. The molecule has 7 nitrogen and oxygen atoms in total. The van der Waals surface area contributed by atoms with Crippen LogP contribution in [0.15, 0.2) is 43.0 Å². The van der Waals surface area contributed by atoms with Gasteiger partial charge in [-0.25, -0.2) is 14.6 Å². The van der Waals surface area contributed by atoms with E-state index in [4.69, 9.17) is 4.74 Å². The zero-order valence-electron chi connectivity index (χ0n) is 14.3. The summed E-state index contributed by atoms with van der Waals surface area (Å²) in [6.07, 6.45) is 7.42. The number of ether oxygens (including phenoxy) is 1. The first kappa shape index (κ1) is 15.8. The van der Waals surface area contributed by atoms with E-state index < -0.39 is 0 Å². The fourth-order valence-corrected chi connectivity index (χ4v) is 3.05. The molecule has 1 N–H and O–H groups in total. The van der Waals surface area contributed by atoms with Crippen LogP contribution in [0.4, 0.5) is 0 Å². The second-order valence-corrected chi connectivity index (χ2v) is 6.36. The Morgan fingerprint density at radius 1 is 1.24 bits per heavy atom. The lowest BCUT2D eigenvalue weighted by Crippen LogP contribution is -2.37. The minimum Gasteiger partial charge on any atom is -0.486 e. The normalized spacial score (nSPS) is 16.6. The summed E-state index contributed by atoms with van der Waals surface area (Å²) < 4.78 is 9.75. The van der Waals surface area contributed by atoms with E-state index in [1.54, 1.807) is 12.5 Å². The summed E-state index contributed by atoms with van der Waals surface area (Å²) in [6.45, 7) is 2.21. The van der Waals surface area contributed by atoms with Crippen molar-refractivity contribution >= 4 is 0 Å². The van der Waals surface area contributed by atoms with Gasteiger partial charge in [0.2, 0.25) is 0 Å². The molecule has 3 heterocycles. The third kappa shape index (κ3) is 3.71. The maximum absolute atomic E-state index is 5.79. The van der Waals surface area contributed by atoms with Crippen molar-refractivity contribution < 1.29 is 4.74 Å². The highest BCUT2D eigenvalue weighted by molar-refractivity contribution is 5.27. The first-order chi connectivity index (χ1) is 12.3. The van der Waals surface area contributed by atoms with Crippen LogP contribution in [0.3, 0.4) is 0 Å². The summed E-state index contributed by atoms with van der Waals surface area (Å²) in [5.74, 6) is 2.86. The van der Waals surface area contributed by atoms with E-state index in [1.165, 1.54) is 5.56 Å². The molecule has 130 valence electrons. The molecule has 4 rings (SSSR count). The number of benzene rings is 1. The molecule has 0 spiro atoms. The topological polar surface area (TPSA) is 69.8 Å². The van der Waals surface area contributed by atoms with Gasteiger partial charge >= 0.3 is 0 Å². The molecule has 0 unspecified atom stereocenters. The van der Waals surface area contributed by atoms with Crippen molar-refractivity contribution in [2.24, 2.45) is 7.05 Å². The third-order valence-corrected chi connectivity index (χ3v) is 4.61. The highest BCUT2D eigenvalue weighted by Gasteiger charge is 2.19. The number of fused-ring (bicyclic) bond motifs is 1. The Bertz CT molecular complexity index is 822. The van der Waals surface area contributed by atoms with Gasteiger partial charge in [0.25, 0.3) is 0 Å². The van der Waals surface area contributed by atoms with Crippen LogP contribution in [0.1, 0.15) is 23.6 Å². The lowest BCUT2D eigenvalue weighted by Gasteiger charge is -2.23. The van der Waals surface area contributed by atoms with E-state index >= 15 is 0 Å². The quantitative estimate of drug-likeness (QED) is 0.741. The number of hydrogen-bond donors (Lipinski definition) is 1. The molecule has 1 aliphatic heterocycles. The molecule has 0 radical (unpaired) electrons. The first-order valence-corrected chi connectivity index (χ1v) is 8.56. The predicted octanol–water partition coefficient (Wildman–Crippen LogP) is 1.70. The van der Waals surface area contributed by atoms with Gasteiger partial charge in [0, 0.05) is 38.4 Å². The molecule has 1 atom stereocenters. The lowest BCUT2D eigenvalue weighted by atomic mass is 10.1. The molecule has 0 bridgehead atoms. The summed E-state index contributed by atoms with van der Waals surface area (Å²) >= 11 is 0. The second kappa shape index (κ2) is 7.06. The van der Waals surface area contributed by atoms with Gasteiger partial charge in [-0.15, -0.1) is 0 Å². The number of imidazole rings is 1. The van der Waals surface area contributed by atoms with Gasteiger partial charge in [-0.1, -0.05) is 12.1 Å². The molecule has 1 aromatic carbocycles. The Morgan fingerprint density at radius 2 is 2.12 bits per heavy atom. The summed E-state index contributed by atoms with van der Waals surface area (Å²) in [7, 11) is 1.97. The number of nitrogens with zero attached hydrogens (tertiary/aromatic N) is 5. The summed E-state index contributed by atoms with van der Waals surface area (Å²) in [5, 5.41) is 7.87. The largest absolute Gasteiger partial charge is 0.486 e. The minimum atomic E-state index is 0.438. The Hall–Kier alpha value is -2.67. The van der Waals surface area contributed by atoms with Crippen LogP contribution < -0.4 is 10.1 Å². The summed E-state index contributed by atoms with van der Waals surface area (Å²) in [5.41, 5.74) is 1.24. The van der Waals surface area contributed by atoms with Gasteiger partial charge in [0.1, 0.15) is 30.3 Å². The molecule has 0 amide bonds. The van der Waals surface area contributed by atoms with Crippen molar-refractivity contribution in [3.05, 3.63) is 60.2 Å². The number of rotatable bonds is 6. The molecule has 0 fully saturated rings. The average Bonchev–Trinajstić information content (AvgIpc) is 3.27. The number of aromatic nitrogens is 5. The van der Waals surface area contributed by atoms with E-state index in [0.29, 0.717) is 12.6 Å². The van der Waals surface area contributed by atoms with E-state index in [0.717, 1.165) is 43.3 Å². The van der Waals surface area contributed by atoms with Gasteiger partial charge in [-0.05, 0) is 24.1 Å². The van der Waals surface area contributed by atoms with Crippen molar-refractivity contribution in [2.45, 2.75) is 38.6 Å². The van der Waals surface area contributed by atoms with Crippen molar-refractivity contribution in [3.8, 4) is 5.75 Å². The Balaban J connectivity index is 1.27. The van der Waals surface area contributed by atoms with Crippen LogP contribution in [0.25, 0.3) is 0 Å². The molecule has 0 saturated carbocycles. The zero-order valence-corrected chi connectivity index (χ0v) is 14.3. The van der Waals surface area contributed by atoms with Crippen LogP contribution >= 0.6 is 0 Å². The monoisotopic (exact) mass is 338 g/mol. The smallest absolute Gasteiger partial charge is 0.146 e. The summed E-state index contributed by atoms with van der Waals surface area (Å²) in [4.78, 5) is 8.52. The second-order valence-electron chi connectivity index (χ2n) is 6.36. The fraction of sp³-hybridized carbons (Fsp3) is 0.389. The SMILES string of the molecule is Cn1ccnc1COc1ccc(CN[C@@H]2CCc3ncnn3C2)cc1. The molecular formula is C18H22N6O. The highest BCUT2D eigenvalue weighted by Crippen LogP contribution is 2.15. The zero-order chi connectivity index (χ0) is 17.1. The maximum atomic E-state index is 5.79. The van der Waals surface area contributed by atoms with Crippen LogP contribution in [-0.4, -0.2) is 30.4 Å². The van der Waals surface area contributed by atoms with Gasteiger partial charge in [-0.2, -0.15) is 5.10 Å². The molecule has 0 saturated heterocycles. The Kier molecular flexibility index (Phi) is 4.47. The van der Waals surface area contributed by atoms with Crippen LogP contribution in [0, 0.1) is 0 Å². The molecule has 2 aromatic heterocycles. The molecular weight excluding hydrogens is 316 g/mol. The fourth-order valence-electron chi connectivity index (χ4n) is 3.05. The Morgan fingerprint density at radius 3 is 2.92 bits per heavy atom. The molecule has 3 aromatic rings. The first-order valence-electron chi connectivity index (χ1n) is 8.56. The van der Waals surface area contributed by atoms with Crippen LogP contribution in [0.2, 0.25) is 0 Å². The average molecular weight is 338 g/mol. The van der Waals surface area contributed by atoms with E-state index in [-0.39, 0.29) is 0 Å². The molecule has 0 aliphatic carbocycles. The van der Waals surface area contributed by atoms with E-state index in [1.807, 2.05) is 34.6 Å². The van der Waals surface area contributed by atoms with Gasteiger partial charge in [-0.3, -0.25) is 0 Å². The Labute approximate surface area is 146 Å². The van der Waals surface area contributed by atoms with Crippen LogP contribution in [-0.2, 0) is 33.2 Å². The van der Waals surface area contributed by atoms with Gasteiger partial charge in [0.05, 0.1) is 6.54 Å². The lowest BCUT2D eigenvalue weighted by molar-refractivity contribution is 0.291. The predicted molar refractivity (Wildman–Crippen MR) is 93.0 cm³/mol. The number of nitrogens with one attached hydrogen (secondary N) is 1. The maximum Gasteiger partial charge on any atom is 0.146 e. The van der Waals surface area contributed by atoms with Crippen molar-refractivity contribution in [1.29, 1.82) is 0 Å². The number of aryl methyl sites for hydroxylation is 2. The molecule has 7 heteroatoms. The van der Waals surface area contributed by atoms with Gasteiger partial charge in [0.15, 0.2) is 0 Å². The van der Waals surface area contributed by atoms with Gasteiger partial charge < -0.3 is 14.6 Å². The highest BCUT2D eigenvalue weighted by atomic mass is 16.5. The van der Waals surface area contributed by atoms with E-state index in [2.05, 4.69) is 32.5 Å². The van der Waals surface area contributed by atoms with Crippen molar-refractivity contribution in [3.63, 3.8) is 0 Å². The molecule has 1 aliphatic rings. The third-order valence-electron chi connectivity index (χ3n) is 4.61. The minimum absolute atomic E-state index is 0.438. The van der Waals surface area contributed by atoms with Crippen LogP contribution in [0.5, 0.6) is 5.75 Å². The number of hydrogen-bond acceptors (Lipinski definition) is 5. The van der Waals surface area contributed by atoms with E-state index in [9.17, 15) is 0 Å².